The van der Waals surface area contributed by atoms with Gasteiger partial charge in [-0.3, -0.25) is 9.89 Å². The third-order valence-electron chi connectivity index (χ3n) is 2.33. The summed E-state index contributed by atoms with van der Waals surface area (Å²) in [5.74, 6) is -0.183. The number of ketones is 1. The minimum atomic E-state index is -0.183. The molecule has 1 aromatic heterocycles. The van der Waals surface area contributed by atoms with Crippen LogP contribution in [-0.4, -0.2) is 26.7 Å². The molecule has 0 amide bonds. The number of nitrogens with zero attached hydrogens (tertiary/aromatic N) is 2. The number of aromatic amines is 1. The number of Topliss-reactive ketones (excluding diaryl/α,β-unsaturated/α-hetero) is 1. The molecule has 0 atom stereocenters. The number of allylic oxidation sites excluding steroid dienone is 6. The number of hydrogen-bond donors (Lipinski definition) is 2. The Balaban J connectivity index is 0.000000956. The van der Waals surface area contributed by atoms with Gasteiger partial charge in [0.05, 0.1) is 10.6 Å². The second-order valence-electron chi connectivity index (χ2n) is 3.38. The van der Waals surface area contributed by atoms with Gasteiger partial charge in [-0.05, 0) is 17.8 Å². The molecule has 104 valence electrons. The SMILES string of the molecule is C=CC1=C(C=C)C(=O)C(Sc2ncn[nH]2)=CC1=N.CC. The van der Waals surface area contributed by atoms with Gasteiger partial charge in [0.25, 0.3) is 0 Å². The van der Waals surface area contributed by atoms with Crippen molar-refractivity contribution in [2.24, 2.45) is 0 Å². The normalized spacial score (nSPS) is 14.4. The van der Waals surface area contributed by atoms with E-state index in [0.29, 0.717) is 21.2 Å². The summed E-state index contributed by atoms with van der Waals surface area (Å²) < 4.78 is 0. The Morgan fingerprint density at radius 3 is 2.45 bits per heavy atom. The fraction of sp³-hybridized carbons (Fsp3) is 0.143. The van der Waals surface area contributed by atoms with Crippen molar-refractivity contribution in [1.29, 1.82) is 5.41 Å². The average Bonchev–Trinajstić information content (AvgIpc) is 2.97. The van der Waals surface area contributed by atoms with Crippen LogP contribution in [0.25, 0.3) is 0 Å². The van der Waals surface area contributed by atoms with E-state index in [4.69, 9.17) is 5.41 Å². The highest BCUT2D eigenvalue weighted by atomic mass is 32.2. The summed E-state index contributed by atoms with van der Waals surface area (Å²) in [6, 6.07) is 0. The van der Waals surface area contributed by atoms with E-state index in [0.717, 1.165) is 11.8 Å². The molecule has 20 heavy (non-hydrogen) atoms. The number of rotatable bonds is 4. The Morgan fingerprint density at radius 1 is 1.30 bits per heavy atom. The van der Waals surface area contributed by atoms with Gasteiger partial charge in [0, 0.05) is 11.1 Å². The summed E-state index contributed by atoms with van der Waals surface area (Å²) in [4.78, 5) is 16.5. The Labute approximate surface area is 122 Å². The summed E-state index contributed by atoms with van der Waals surface area (Å²) in [6.07, 6.45) is 5.80. The highest BCUT2D eigenvalue weighted by molar-refractivity contribution is 8.03. The number of carbonyl (C=O) groups is 1. The molecule has 6 heteroatoms. The van der Waals surface area contributed by atoms with Crippen molar-refractivity contribution >= 4 is 23.3 Å². The zero-order valence-corrected chi connectivity index (χ0v) is 12.3. The predicted molar refractivity (Wildman–Crippen MR) is 81.8 cm³/mol. The van der Waals surface area contributed by atoms with Crippen LogP contribution < -0.4 is 0 Å². The molecule has 0 aromatic carbocycles. The maximum Gasteiger partial charge on any atom is 0.200 e. The Bertz CT molecular complexity index is 597. The van der Waals surface area contributed by atoms with Crippen LogP contribution in [0.1, 0.15) is 13.8 Å². The molecule has 0 fully saturated rings. The number of nitrogens with one attached hydrogen (secondary N) is 2. The Morgan fingerprint density at radius 2 is 1.95 bits per heavy atom. The van der Waals surface area contributed by atoms with Crippen molar-refractivity contribution in [3.05, 3.63) is 53.8 Å². The minimum absolute atomic E-state index is 0.183. The lowest BCUT2D eigenvalue weighted by Gasteiger charge is -2.15. The molecular formula is C14H16N4OS. The zero-order valence-electron chi connectivity index (χ0n) is 11.4. The average molecular weight is 288 g/mol. The van der Waals surface area contributed by atoms with Gasteiger partial charge in [0.15, 0.2) is 5.16 Å². The van der Waals surface area contributed by atoms with Crippen LogP contribution in [0.2, 0.25) is 0 Å². The quantitative estimate of drug-likeness (QED) is 0.834. The van der Waals surface area contributed by atoms with Gasteiger partial charge < -0.3 is 5.41 Å². The molecule has 0 saturated heterocycles. The summed E-state index contributed by atoms with van der Waals surface area (Å²) in [5.41, 5.74) is 1.12. The van der Waals surface area contributed by atoms with Crippen molar-refractivity contribution in [2.45, 2.75) is 19.0 Å². The standard InChI is InChI=1S/C12H10N4OS.C2H6/c1-3-7-8(4-2)11(17)10(5-9(7)13)18-12-14-6-15-16-12;1-2/h3-6,13H,1-2H2,(H,14,15,16);1-2H3. The van der Waals surface area contributed by atoms with Crippen molar-refractivity contribution < 1.29 is 4.79 Å². The smallest absolute Gasteiger partial charge is 0.200 e. The first kappa shape index (κ1) is 15.8. The van der Waals surface area contributed by atoms with Gasteiger partial charge in [0.2, 0.25) is 5.78 Å². The molecule has 2 rings (SSSR count). The first-order valence-electron chi connectivity index (χ1n) is 6.05. The van der Waals surface area contributed by atoms with Gasteiger partial charge in [-0.15, -0.1) is 0 Å². The maximum absolute atomic E-state index is 12.2. The van der Waals surface area contributed by atoms with Crippen LogP contribution in [-0.2, 0) is 4.79 Å². The molecule has 0 radical (unpaired) electrons. The second kappa shape index (κ2) is 7.40. The number of aromatic nitrogens is 3. The van der Waals surface area contributed by atoms with E-state index in [9.17, 15) is 4.79 Å². The lowest BCUT2D eigenvalue weighted by molar-refractivity contribution is -0.111. The predicted octanol–water partition coefficient (Wildman–Crippen LogP) is 3.08. The summed E-state index contributed by atoms with van der Waals surface area (Å²) >= 11 is 1.14. The van der Waals surface area contributed by atoms with Crippen LogP contribution in [0, 0.1) is 5.41 Å². The largest absolute Gasteiger partial charge is 0.300 e. The molecule has 5 nitrogen and oxygen atoms in total. The first-order valence-corrected chi connectivity index (χ1v) is 6.86. The topological polar surface area (TPSA) is 82.5 Å². The van der Waals surface area contributed by atoms with Gasteiger partial charge in [-0.1, -0.05) is 39.2 Å². The number of H-pyrrole nitrogens is 1. The third kappa shape index (κ3) is 3.21. The second-order valence-corrected chi connectivity index (χ2v) is 4.41. The monoisotopic (exact) mass is 288 g/mol. The van der Waals surface area contributed by atoms with Gasteiger partial charge >= 0.3 is 0 Å². The molecule has 2 N–H and O–H groups in total. The van der Waals surface area contributed by atoms with Crippen LogP contribution in [0.4, 0.5) is 0 Å². The molecule has 0 aliphatic heterocycles. The number of thioether (sulfide) groups is 1. The van der Waals surface area contributed by atoms with Crippen molar-refractivity contribution in [2.75, 3.05) is 0 Å². The van der Waals surface area contributed by atoms with E-state index in [1.807, 2.05) is 13.8 Å². The Hall–Kier alpha value is -2.21. The highest BCUT2D eigenvalue weighted by Crippen LogP contribution is 2.31. The summed E-state index contributed by atoms with van der Waals surface area (Å²) in [5, 5.41) is 14.7. The van der Waals surface area contributed by atoms with E-state index in [-0.39, 0.29) is 11.5 Å². The fourth-order valence-corrected chi connectivity index (χ4v) is 2.31. The highest BCUT2D eigenvalue weighted by Gasteiger charge is 2.24. The minimum Gasteiger partial charge on any atom is -0.300 e. The van der Waals surface area contributed by atoms with E-state index < -0.39 is 0 Å². The van der Waals surface area contributed by atoms with E-state index in [2.05, 4.69) is 28.3 Å². The molecule has 0 bridgehead atoms. The molecular weight excluding hydrogens is 272 g/mol. The molecule has 1 aliphatic rings. The molecule has 0 saturated carbocycles. The number of carbonyl (C=O) groups excluding carboxylic acids is 1. The van der Waals surface area contributed by atoms with E-state index in [1.54, 1.807) is 0 Å². The lowest BCUT2D eigenvalue weighted by atomic mass is 9.94. The maximum atomic E-state index is 12.2. The van der Waals surface area contributed by atoms with Crippen molar-refractivity contribution in [1.82, 2.24) is 15.2 Å². The van der Waals surface area contributed by atoms with Gasteiger partial charge in [-0.2, -0.15) is 5.10 Å². The first-order chi connectivity index (χ1) is 9.67. The van der Waals surface area contributed by atoms with Crippen LogP contribution in [0.5, 0.6) is 0 Å². The molecule has 0 spiro atoms. The zero-order chi connectivity index (χ0) is 15.1. The van der Waals surface area contributed by atoms with Gasteiger partial charge in [0.1, 0.15) is 6.33 Å². The summed E-state index contributed by atoms with van der Waals surface area (Å²) in [7, 11) is 0. The molecule has 1 aliphatic carbocycles. The van der Waals surface area contributed by atoms with Gasteiger partial charge in [-0.25, -0.2) is 4.98 Å². The lowest BCUT2D eigenvalue weighted by Crippen LogP contribution is -2.15. The Kier molecular flexibility index (Phi) is 5.86. The fourth-order valence-electron chi connectivity index (χ4n) is 1.52. The van der Waals surface area contributed by atoms with Crippen LogP contribution >= 0.6 is 11.8 Å². The van der Waals surface area contributed by atoms with Crippen molar-refractivity contribution in [3.63, 3.8) is 0 Å². The van der Waals surface area contributed by atoms with Crippen molar-refractivity contribution in [3.8, 4) is 0 Å². The van der Waals surface area contributed by atoms with E-state index >= 15 is 0 Å². The van der Waals surface area contributed by atoms with E-state index in [1.165, 1.54) is 24.6 Å². The summed E-state index contributed by atoms with van der Waals surface area (Å²) in [6.45, 7) is 11.2. The third-order valence-corrected chi connectivity index (χ3v) is 3.25. The molecule has 1 aromatic rings. The van der Waals surface area contributed by atoms with Crippen LogP contribution in [0.15, 0.2) is 58.9 Å². The molecule has 1 heterocycles. The number of hydrogen-bond acceptors (Lipinski definition) is 5. The van der Waals surface area contributed by atoms with Crippen LogP contribution in [0.3, 0.4) is 0 Å². The molecule has 0 unspecified atom stereocenters.